The molecule has 1 aromatic rings. The number of hydrogen-bond donors (Lipinski definition) is 2. The lowest BCUT2D eigenvalue weighted by Gasteiger charge is -2.25. The third-order valence-electron chi connectivity index (χ3n) is 3.36. The normalized spacial score (nSPS) is 13.2. The third kappa shape index (κ3) is 3.47. The topological polar surface area (TPSA) is 72.5 Å². The molecule has 1 aromatic carbocycles. The average molecular weight is 265 g/mol. The Hall–Kier alpha value is -1.55. The van der Waals surface area contributed by atoms with E-state index in [1.54, 1.807) is 21.0 Å². The summed E-state index contributed by atoms with van der Waals surface area (Å²) in [5.74, 6) is -0.0921. The van der Waals surface area contributed by atoms with E-state index in [0.29, 0.717) is 6.42 Å². The van der Waals surface area contributed by atoms with E-state index < -0.39 is 11.4 Å². The van der Waals surface area contributed by atoms with Crippen LogP contribution >= 0.6 is 0 Å². The van der Waals surface area contributed by atoms with E-state index in [4.69, 9.17) is 10.5 Å². The fraction of sp³-hybridized carbons (Fsp3) is 0.533. The molecule has 0 saturated carbocycles. The summed E-state index contributed by atoms with van der Waals surface area (Å²) in [5, 5.41) is 9.19. The van der Waals surface area contributed by atoms with Gasteiger partial charge in [0.2, 0.25) is 0 Å². The summed E-state index contributed by atoms with van der Waals surface area (Å²) in [6, 6.07) is 3.63. The van der Waals surface area contributed by atoms with Crippen molar-refractivity contribution in [3.8, 4) is 5.75 Å². The van der Waals surface area contributed by atoms with Crippen LogP contribution in [-0.4, -0.2) is 18.2 Å². The van der Waals surface area contributed by atoms with Crippen LogP contribution in [-0.2, 0) is 4.79 Å². The Morgan fingerprint density at radius 1 is 1.42 bits per heavy atom. The van der Waals surface area contributed by atoms with Crippen molar-refractivity contribution in [2.45, 2.75) is 40.2 Å². The van der Waals surface area contributed by atoms with Gasteiger partial charge in [-0.1, -0.05) is 17.7 Å². The number of methoxy groups -OCH3 is 1. The van der Waals surface area contributed by atoms with Crippen molar-refractivity contribution in [3.63, 3.8) is 0 Å². The van der Waals surface area contributed by atoms with Gasteiger partial charge in [-0.2, -0.15) is 0 Å². The summed E-state index contributed by atoms with van der Waals surface area (Å²) in [6.07, 6.45) is 0.363. The predicted octanol–water partition coefficient (Wildman–Crippen LogP) is 2.81. The molecule has 0 aromatic heterocycles. The zero-order valence-corrected chi connectivity index (χ0v) is 12.3. The molecule has 0 aliphatic carbocycles. The van der Waals surface area contributed by atoms with Gasteiger partial charge in [-0.15, -0.1) is 0 Å². The van der Waals surface area contributed by atoms with Crippen LogP contribution < -0.4 is 10.5 Å². The van der Waals surface area contributed by atoms with Crippen molar-refractivity contribution in [2.75, 3.05) is 7.11 Å². The number of ether oxygens (including phenoxy) is 1. The maximum absolute atomic E-state index is 11.2. The van der Waals surface area contributed by atoms with E-state index in [1.807, 2.05) is 26.0 Å². The quantitative estimate of drug-likeness (QED) is 0.858. The molecule has 4 heteroatoms. The monoisotopic (exact) mass is 265 g/mol. The number of rotatable bonds is 5. The highest BCUT2D eigenvalue weighted by atomic mass is 16.5. The van der Waals surface area contributed by atoms with Gasteiger partial charge in [0.1, 0.15) is 5.75 Å². The van der Waals surface area contributed by atoms with Crippen LogP contribution in [0.15, 0.2) is 12.1 Å². The second-order valence-electron chi connectivity index (χ2n) is 5.70. The summed E-state index contributed by atoms with van der Waals surface area (Å²) < 4.78 is 5.40. The first-order valence-corrected chi connectivity index (χ1v) is 6.33. The number of carbonyl (C=O) groups is 1. The van der Waals surface area contributed by atoms with Crippen LogP contribution in [0.25, 0.3) is 0 Å². The Morgan fingerprint density at radius 3 is 2.47 bits per heavy atom. The molecule has 1 unspecified atom stereocenters. The molecule has 4 nitrogen and oxygen atoms in total. The largest absolute Gasteiger partial charge is 0.496 e. The molecule has 0 aliphatic heterocycles. The highest BCUT2D eigenvalue weighted by Crippen LogP contribution is 2.35. The number of nitrogens with two attached hydrogens (primary N) is 1. The predicted molar refractivity (Wildman–Crippen MR) is 75.4 cm³/mol. The minimum absolute atomic E-state index is 0.361. The number of carboxylic acid groups (broad SMARTS) is 1. The van der Waals surface area contributed by atoms with Crippen molar-refractivity contribution in [1.82, 2.24) is 0 Å². The van der Waals surface area contributed by atoms with Gasteiger partial charge in [0, 0.05) is 11.6 Å². The molecular formula is C15H23NO3. The molecule has 0 spiro atoms. The second-order valence-corrected chi connectivity index (χ2v) is 5.70. The van der Waals surface area contributed by atoms with E-state index in [-0.39, 0.29) is 6.04 Å². The number of carboxylic acids is 1. The Kier molecular flexibility index (Phi) is 4.58. The summed E-state index contributed by atoms with van der Waals surface area (Å²) in [7, 11) is 1.61. The molecule has 0 saturated heterocycles. The first-order valence-electron chi connectivity index (χ1n) is 6.33. The van der Waals surface area contributed by atoms with Crippen molar-refractivity contribution >= 4 is 5.97 Å². The molecule has 1 rings (SSSR count). The number of aryl methyl sites for hydroxylation is 2. The van der Waals surface area contributed by atoms with Gasteiger partial charge >= 0.3 is 5.97 Å². The maximum atomic E-state index is 11.2. The molecule has 3 N–H and O–H groups in total. The van der Waals surface area contributed by atoms with Crippen molar-refractivity contribution in [3.05, 3.63) is 28.8 Å². The van der Waals surface area contributed by atoms with Crippen LogP contribution in [0.2, 0.25) is 0 Å². The van der Waals surface area contributed by atoms with Crippen molar-refractivity contribution in [1.29, 1.82) is 0 Å². The highest BCUT2D eigenvalue weighted by Gasteiger charge is 2.31. The summed E-state index contributed by atoms with van der Waals surface area (Å²) in [5.41, 5.74) is 8.31. The van der Waals surface area contributed by atoms with Gasteiger partial charge in [0.25, 0.3) is 0 Å². The third-order valence-corrected chi connectivity index (χ3v) is 3.36. The first-order chi connectivity index (χ1) is 8.69. The first kappa shape index (κ1) is 15.5. The Bertz CT molecular complexity index is 481. The molecule has 0 fully saturated rings. The number of hydrogen-bond acceptors (Lipinski definition) is 3. The molecule has 0 radical (unpaired) electrons. The van der Waals surface area contributed by atoms with E-state index in [2.05, 4.69) is 0 Å². The second kappa shape index (κ2) is 5.61. The zero-order valence-electron chi connectivity index (χ0n) is 12.3. The SMILES string of the molecule is COc1c(C)cc(C)cc1C(N)CC(C)(C)C(=O)O. The smallest absolute Gasteiger partial charge is 0.309 e. The molecule has 0 amide bonds. The Morgan fingerprint density at radius 2 is 2.00 bits per heavy atom. The lowest BCUT2D eigenvalue weighted by Crippen LogP contribution is -2.29. The van der Waals surface area contributed by atoms with Gasteiger partial charge in [-0.25, -0.2) is 0 Å². The zero-order chi connectivity index (χ0) is 14.8. The molecule has 0 heterocycles. The van der Waals surface area contributed by atoms with Gasteiger partial charge in [0.15, 0.2) is 0 Å². The van der Waals surface area contributed by atoms with Crippen molar-refractivity contribution in [2.24, 2.45) is 11.1 Å². The minimum atomic E-state index is -0.859. The van der Waals surface area contributed by atoms with E-state index in [0.717, 1.165) is 22.4 Å². The highest BCUT2D eigenvalue weighted by molar-refractivity contribution is 5.73. The van der Waals surface area contributed by atoms with Gasteiger partial charge in [-0.05, 0) is 39.7 Å². The summed E-state index contributed by atoms with van der Waals surface area (Å²) in [6.45, 7) is 7.32. The van der Waals surface area contributed by atoms with Gasteiger partial charge in [-0.3, -0.25) is 4.79 Å². The summed E-state index contributed by atoms with van der Waals surface area (Å²) in [4.78, 5) is 11.2. The van der Waals surface area contributed by atoms with E-state index in [9.17, 15) is 9.90 Å². The fourth-order valence-electron chi connectivity index (χ4n) is 2.29. The molecule has 0 aliphatic rings. The molecule has 106 valence electrons. The molecular weight excluding hydrogens is 242 g/mol. The van der Waals surface area contributed by atoms with Crippen LogP contribution in [0.4, 0.5) is 0 Å². The van der Waals surface area contributed by atoms with Gasteiger partial charge < -0.3 is 15.6 Å². The van der Waals surface area contributed by atoms with Crippen LogP contribution in [0.3, 0.4) is 0 Å². The number of benzene rings is 1. The number of aliphatic carboxylic acids is 1. The average Bonchev–Trinajstić information content (AvgIpc) is 2.27. The molecule has 1 atom stereocenters. The summed E-state index contributed by atoms with van der Waals surface area (Å²) >= 11 is 0. The van der Waals surface area contributed by atoms with E-state index in [1.165, 1.54) is 0 Å². The van der Waals surface area contributed by atoms with E-state index >= 15 is 0 Å². The lowest BCUT2D eigenvalue weighted by molar-refractivity contribution is -0.147. The van der Waals surface area contributed by atoms with Crippen LogP contribution in [0.1, 0.15) is 43.0 Å². The molecule has 19 heavy (non-hydrogen) atoms. The van der Waals surface area contributed by atoms with Crippen LogP contribution in [0.5, 0.6) is 5.75 Å². The van der Waals surface area contributed by atoms with Gasteiger partial charge in [0.05, 0.1) is 12.5 Å². The fourth-order valence-corrected chi connectivity index (χ4v) is 2.29. The Balaban J connectivity index is 3.12. The lowest BCUT2D eigenvalue weighted by atomic mass is 9.83. The van der Waals surface area contributed by atoms with Crippen molar-refractivity contribution < 1.29 is 14.6 Å². The minimum Gasteiger partial charge on any atom is -0.496 e. The standard InChI is InChI=1S/C15H23NO3/c1-9-6-10(2)13(19-5)11(7-9)12(16)8-15(3,4)14(17)18/h6-7,12H,8,16H2,1-5H3,(H,17,18). The Labute approximate surface area is 114 Å². The van der Waals surface area contributed by atoms with Crippen LogP contribution in [0, 0.1) is 19.3 Å². The maximum Gasteiger partial charge on any atom is 0.309 e. The molecule has 0 bridgehead atoms.